The van der Waals surface area contributed by atoms with Gasteiger partial charge in [0.15, 0.2) is 5.78 Å². The molecule has 0 amide bonds. The summed E-state index contributed by atoms with van der Waals surface area (Å²) >= 11 is 0. The van der Waals surface area contributed by atoms with Crippen LogP contribution in [0, 0.1) is 0 Å². The molecule has 6 heteroatoms. The standard InChI is InChI=1S/C11H7F3O3/c12-11(13,14)8-3-1-7(2-4-8)9(15)5-6-10(16)17/h1-6H,(H,16,17). The predicted octanol–water partition coefficient (Wildman–Crippen LogP) is 2.53. The van der Waals surface area contributed by atoms with E-state index in [4.69, 9.17) is 5.11 Å². The fourth-order valence-electron chi connectivity index (χ4n) is 1.07. The number of aliphatic carboxylic acids is 1. The van der Waals surface area contributed by atoms with Crippen molar-refractivity contribution in [3.8, 4) is 0 Å². The zero-order valence-corrected chi connectivity index (χ0v) is 8.36. The monoisotopic (exact) mass is 244 g/mol. The largest absolute Gasteiger partial charge is 0.478 e. The maximum atomic E-state index is 12.2. The number of benzene rings is 1. The maximum absolute atomic E-state index is 12.2. The van der Waals surface area contributed by atoms with Crippen LogP contribution in [-0.2, 0) is 11.0 Å². The molecule has 1 aromatic carbocycles. The number of halogens is 3. The van der Waals surface area contributed by atoms with Crippen LogP contribution in [0.4, 0.5) is 13.2 Å². The van der Waals surface area contributed by atoms with Gasteiger partial charge in [-0.2, -0.15) is 13.2 Å². The van der Waals surface area contributed by atoms with Gasteiger partial charge in [0, 0.05) is 11.6 Å². The first-order chi connectivity index (χ1) is 7.80. The molecule has 0 fully saturated rings. The fraction of sp³-hybridized carbons (Fsp3) is 0.0909. The third-order valence-corrected chi connectivity index (χ3v) is 1.87. The zero-order valence-electron chi connectivity index (χ0n) is 8.36. The summed E-state index contributed by atoms with van der Waals surface area (Å²) in [4.78, 5) is 21.4. The van der Waals surface area contributed by atoms with Crippen molar-refractivity contribution in [2.24, 2.45) is 0 Å². The topological polar surface area (TPSA) is 54.4 Å². The van der Waals surface area contributed by atoms with Crippen LogP contribution in [0.25, 0.3) is 0 Å². The Labute approximate surface area is 94.2 Å². The van der Waals surface area contributed by atoms with Gasteiger partial charge in [0.2, 0.25) is 0 Å². The molecule has 0 aliphatic heterocycles. The van der Waals surface area contributed by atoms with Crippen LogP contribution in [0.3, 0.4) is 0 Å². The van der Waals surface area contributed by atoms with Crippen LogP contribution in [0.2, 0.25) is 0 Å². The second-order valence-corrected chi connectivity index (χ2v) is 3.11. The van der Waals surface area contributed by atoms with Crippen molar-refractivity contribution in [3.05, 3.63) is 47.5 Å². The van der Waals surface area contributed by atoms with Crippen molar-refractivity contribution in [1.29, 1.82) is 0 Å². The normalized spacial score (nSPS) is 11.7. The number of allylic oxidation sites excluding steroid dienone is 1. The Morgan fingerprint density at radius 2 is 1.59 bits per heavy atom. The Morgan fingerprint density at radius 3 is 2.00 bits per heavy atom. The van der Waals surface area contributed by atoms with E-state index in [1.807, 2.05) is 0 Å². The van der Waals surface area contributed by atoms with E-state index < -0.39 is 23.5 Å². The molecule has 0 radical (unpaired) electrons. The van der Waals surface area contributed by atoms with E-state index in [9.17, 15) is 22.8 Å². The van der Waals surface area contributed by atoms with Gasteiger partial charge in [0.1, 0.15) is 0 Å². The molecule has 0 saturated carbocycles. The molecular weight excluding hydrogens is 237 g/mol. The van der Waals surface area contributed by atoms with Gasteiger partial charge in [0.05, 0.1) is 5.56 Å². The molecule has 1 N–H and O–H groups in total. The Hall–Kier alpha value is -2.11. The minimum Gasteiger partial charge on any atom is -0.478 e. The Bertz CT molecular complexity index is 458. The summed E-state index contributed by atoms with van der Waals surface area (Å²) in [6, 6.07) is 3.53. The average Bonchev–Trinajstić information content (AvgIpc) is 2.25. The van der Waals surface area contributed by atoms with Crippen LogP contribution < -0.4 is 0 Å². The SMILES string of the molecule is O=C(O)C=CC(=O)c1ccc(C(F)(F)F)cc1. The Balaban J connectivity index is 2.88. The molecule has 17 heavy (non-hydrogen) atoms. The van der Waals surface area contributed by atoms with Crippen molar-refractivity contribution in [2.75, 3.05) is 0 Å². The third-order valence-electron chi connectivity index (χ3n) is 1.87. The lowest BCUT2D eigenvalue weighted by atomic mass is 10.1. The van der Waals surface area contributed by atoms with E-state index >= 15 is 0 Å². The molecule has 0 aliphatic carbocycles. The van der Waals surface area contributed by atoms with Crippen LogP contribution in [0.5, 0.6) is 0 Å². The molecule has 0 aliphatic rings. The van der Waals surface area contributed by atoms with Gasteiger partial charge in [-0.25, -0.2) is 4.79 Å². The van der Waals surface area contributed by atoms with Crippen molar-refractivity contribution in [2.45, 2.75) is 6.18 Å². The number of alkyl halides is 3. The van der Waals surface area contributed by atoms with Gasteiger partial charge < -0.3 is 5.11 Å². The molecule has 1 rings (SSSR count). The molecule has 0 aromatic heterocycles. The molecule has 3 nitrogen and oxygen atoms in total. The quantitative estimate of drug-likeness (QED) is 0.656. The number of carboxylic acid groups (broad SMARTS) is 1. The summed E-state index contributed by atoms with van der Waals surface area (Å²) in [7, 11) is 0. The number of rotatable bonds is 3. The van der Waals surface area contributed by atoms with E-state index in [-0.39, 0.29) is 5.56 Å². The van der Waals surface area contributed by atoms with Crippen LogP contribution in [0.15, 0.2) is 36.4 Å². The summed E-state index contributed by atoms with van der Waals surface area (Å²) in [5.74, 6) is -1.97. The number of carboxylic acids is 1. The fourth-order valence-corrected chi connectivity index (χ4v) is 1.07. The van der Waals surface area contributed by atoms with Crippen molar-refractivity contribution >= 4 is 11.8 Å². The minimum atomic E-state index is -4.46. The molecule has 0 atom stereocenters. The molecule has 0 unspecified atom stereocenters. The lowest BCUT2D eigenvalue weighted by Gasteiger charge is -2.06. The smallest absolute Gasteiger partial charge is 0.416 e. The van der Waals surface area contributed by atoms with Gasteiger partial charge in [0.25, 0.3) is 0 Å². The van der Waals surface area contributed by atoms with Gasteiger partial charge in [-0.3, -0.25) is 4.79 Å². The first-order valence-electron chi connectivity index (χ1n) is 4.43. The Kier molecular flexibility index (Phi) is 3.67. The highest BCUT2D eigenvalue weighted by Gasteiger charge is 2.30. The van der Waals surface area contributed by atoms with E-state index in [2.05, 4.69) is 0 Å². The number of carbonyl (C=O) groups excluding carboxylic acids is 1. The molecule has 90 valence electrons. The average molecular weight is 244 g/mol. The second-order valence-electron chi connectivity index (χ2n) is 3.11. The van der Waals surface area contributed by atoms with Crippen LogP contribution in [-0.4, -0.2) is 16.9 Å². The Morgan fingerprint density at radius 1 is 1.06 bits per heavy atom. The van der Waals surface area contributed by atoms with Crippen molar-refractivity contribution in [3.63, 3.8) is 0 Å². The molecule has 0 spiro atoms. The van der Waals surface area contributed by atoms with E-state index in [1.165, 1.54) is 0 Å². The van der Waals surface area contributed by atoms with Crippen molar-refractivity contribution < 1.29 is 27.9 Å². The highest BCUT2D eigenvalue weighted by Crippen LogP contribution is 2.29. The number of carbonyl (C=O) groups is 2. The van der Waals surface area contributed by atoms with E-state index in [0.29, 0.717) is 6.08 Å². The highest BCUT2D eigenvalue weighted by molar-refractivity contribution is 6.06. The molecule has 0 saturated heterocycles. The second kappa shape index (κ2) is 4.82. The summed E-state index contributed by atoms with van der Waals surface area (Å²) in [5, 5.41) is 8.27. The van der Waals surface area contributed by atoms with E-state index in [0.717, 1.165) is 30.3 Å². The summed E-state index contributed by atoms with van der Waals surface area (Å²) in [5.41, 5.74) is -0.869. The van der Waals surface area contributed by atoms with Crippen LogP contribution >= 0.6 is 0 Å². The third kappa shape index (κ3) is 3.75. The molecule has 0 heterocycles. The van der Waals surface area contributed by atoms with Gasteiger partial charge >= 0.3 is 12.1 Å². The molecule has 0 bridgehead atoms. The molecular formula is C11H7F3O3. The van der Waals surface area contributed by atoms with Gasteiger partial charge in [-0.05, 0) is 18.2 Å². The minimum absolute atomic E-state index is 0.00417. The number of hydrogen-bond donors (Lipinski definition) is 1. The molecule has 1 aromatic rings. The van der Waals surface area contributed by atoms with Crippen LogP contribution in [0.1, 0.15) is 15.9 Å². The van der Waals surface area contributed by atoms with Gasteiger partial charge in [-0.1, -0.05) is 12.1 Å². The summed E-state index contributed by atoms with van der Waals surface area (Å²) in [6.45, 7) is 0. The zero-order chi connectivity index (χ0) is 13.1. The summed E-state index contributed by atoms with van der Waals surface area (Å²) < 4.78 is 36.6. The van der Waals surface area contributed by atoms with Gasteiger partial charge in [-0.15, -0.1) is 0 Å². The van der Waals surface area contributed by atoms with E-state index in [1.54, 1.807) is 0 Å². The first-order valence-corrected chi connectivity index (χ1v) is 4.43. The summed E-state index contributed by atoms with van der Waals surface area (Å²) in [6.07, 6.45) is -3.05. The first kappa shape index (κ1) is 13.0. The lowest BCUT2D eigenvalue weighted by molar-refractivity contribution is -0.137. The number of hydrogen-bond acceptors (Lipinski definition) is 2. The highest BCUT2D eigenvalue weighted by atomic mass is 19.4. The predicted molar refractivity (Wildman–Crippen MR) is 52.6 cm³/mol. The lowest BCUT2D eigenvalue weighted by Crippen LogP contribution is -2.05. The maximum Gasteiger partial charge on any atom is 0.416 e. The number of ketones is 1. The van der Waals surface area contributed by atoms with Crippen molar-refractivity contribution in [1.82, 2.24) is 0 Å².